The molecule has 24 heavy (non-hydrogen) atoms. The average Bonchev–Trinajstić information content (AvgIpc) is 3.02. The zero-order chi connectivity index (χ0) is 17.4. The van der Waals surface area contributed by atoms with Crippen molar-refractivity contribution in [2.45, 2.75) is 26.8 Å². The van der Waals surface area contributed by atoms with E-state index in [1.165, 1.54) is 4.90 Å². The van der Waals surface area contributed by atoms with Crippen molar-refractivity contribution >= 4 is 46.7 Å². The number of halogens is 2. The lowest BCUT2D eigenvalue weighted by molar-refractivity contribution is -0.117. The van der Waals surface area contributed by atoms with Crippen LogP contribution < -0.4 is 4.90 Å². The molecule has 0 fully saturated rings. The normalized spacial score (nSPS) is 13.3. The summed E-state index contributed by atoms with van der Waals surface area (Å²) in [6.07, 6.45) is 0.546. The highest BCUT2D eigenvalue weighted by Crippen LogP contribution is 2.38. The number of hydrogen-bond acceptors (Lipinski definition) is 4. The van der Waals surface area contributed by atoms with Gasteiger partial charge in [0.2, 0.25) is 5.95 Å². The number of aryl methyl sites for hydroxylation is 1. The summed E-state index contributed by atoms with van der Waals surface area (Å²) in [5.74, 6) is -0.344. The van der Waals surface area contributed by atoms with Gasteiger partial charge in [0.1, 0.15) is 6.54 Å². The number of amides is 1. The first-order valence-electron chi connectivity index (χ1n) is 7.52. The zero-order valence-electron chi connectivity index (χ0n) is 13.2. The molecular formula is C16H15Cl2N3O3. The SMILES string of the molecule is CCOC(=O)c1c(CC)nc2n1CC(=O)N2c1ccc(Cl)cc1Cl. The Kier molecular flexibility index (Phi) is 4.51. The molecule has 0 unspecified atom stereocenters. The van der Waals surface area contributed by atoms with E-state index in [0.29, 0.717) is 39.5 Å². The highest BCUT2D eigenvalue weighted by atomic mass is 35.5. The van der Waals surface area contributed by atoms with Gasteiger partial charge in [0, 0.05) is 5.02 Å². The maximum absolute atomic E-state index is 12.5. The first-order chi connectivity index (χ1) is 11.5. The Morgan fingerprint density at radius 1 is 1.33 bits per heavy atom. The summed E-state index contributed by atoms with van der Waals surface area (Å²) in [4.78, 5) is 30.6. The number of benzene rings is 1. The summed E-state index contributed by atoms with van der Waals surface area (Å²) in [6, 6.07) is 4.86. The minimum atomic E-state index is -0.482. The van der Waals surface area contributed by atoms with E-state index in [1.807, 2.05) is 6.92 Å². The molecule has 3 rings (SSSR count). The van der Waals surface area contributed by atoms with E-state index in [-0.39, 0.29) is 19.1 Å². The van der Waals surface area contributed by atoms with Crippen LogP contribution in [0.2, 0.25) is 10.0 Å². The predicted molar refractivity (Wildman–Crippen MR) is 91.2 cm³/mol. The molecule has 0 spiro atoms. The van der Waals surface area contributed by atoms with E-state index in [2.05, 4.69) is 4.98 Å². The number of carbonyl (C=O) groups excluding carboxylic acids is 2. The predicted octanol–water partition coefficient (Wildman–Crippen LogP) is 3.61. The lowest BCUT2D eigenvalue weighted by Crippen LogP contribution is -2.22. The fourth-order valence-corrected chi connectivity index (χ4v) is 3.20. The van der Waals surface area contributed by atoms with Gasteiger partial charge in [0.25, 0.3) is 5.91 Å². The van der Waals surface area contributed by atoms with Gasteiger partial charge in [-0.3, -0.25) is 9.36 Å². The summed E-state index contributed by atoms with van der Waals surface area (Å²) in [5, 5.41) is 0.809. The van der Waals surface area contributed by atoms with Gasteiger partial charge < -0.3 is 4.74 Å². The first kappa shape index (κ1) is 16.8. The van der Waals surface area contributed by atoms with Crippen LogP contribution in [0.1, 0.15) is 30.0 Å². The maximum atomic E-state index is 12.5. The van der Waals surface area contributed by atoms with Crippen LogP contribution in [0.5, 0.6) is 0 Å². The summed E-state index contributed by atoms with van der Waals surface area (Å²) >= 11 is 12.1. The van der Waals surface area contributed by atoms with Crippen molar-refractivity contribution in [2.75, 3.05) is 11.5 Å². The van der Waals surface area contributed by atoms with E-state index >= 15 is 0 Å². The molecule has 1 aromatic heterocycles. The summed E-state index contributed by atoms with van der Waals surface area (Å²) in [7, 11) is 0. The minimum Gasteiger partial charge on any atom is -0.461 e. The quantitative estimate of drug-likeness (QED) is 0.774. The van der Waals surface area contributed by atoms with Crippen LogP contribution in [0.4, 0.5) is 11.6 Å². The molecule has 1 aliphatic rings. The number of esters is 1. The highest BCUT2D eigenvalue weighted by Gasteiger charge is 2.37. The molecule has 0 bridgehead atoms. The molecule has 1 amide bonds. The fourth-order valence-electron chi connectivity index (χ4n) is 2.71. The lowest BCUT2D eigenvalue weighted by Gasteiger charge is -2.15. The van der Waals surface area contributed by atoms with Crippen molar-refractivity contribution in [3.05, 3.63) is 39.6 Å². The van der Waals surface area contributed by atoms with Gasteiger partial charge in [-0.2, -0.15) is 0 Å². The third-order valence-electron chi connectivity index (χ3n) is 3.72. The Morgan fingerprint density at radius 2 is 2.08 bits per heavy atom. The van der Waals surface area contributed by atoms with Crippen molar-refractivity contribution in [1.29, 1.82) is 0 Å². The van der Waals surface area contributed by atoms with Crippen LogP contribution in [0, 0.1) is 0 Å². The smallest absolute Gasteiger partial charge is 0.356 e. The molecule has 0 atom stereocenters. The Morgan fingerprint density at radius 3 is 2.71 bits per heavy atom. The molecule has 0 radical (unpaired) electrons. The van der Waals surface area contributed by atoms with Gasteiger partial charge in [-0.15, -0.1) is 0 Å². The second kappa shape index (κ2) is 6.45. The summed E-state index contributed by atoms with van der Waals surface area (Å²) in [6.45, 7) is 3.89. The number of aromatic nitrogens is 2. The maximum Gasteiger partial charge on any atom is 0.356 e. The average molecular weight is 368 g/mol. The van der Waals surface area contributed by atoms with Crippen LogP contribution in [-0.2, 0) is 22.5 Å². The Hall–Kier alpha value is -2.05. The van der Waals surface area contributed by atoms with Gasteiger partial charge in [0.05, 0.1) is 23.0 Å². The number of anilines is 2. The molecular weight excluding hydrogens is 353 g/mol. The van der Waals surface area contributed by atoms with Crippen molar-refractivity contribution in [3.63, 3.8) is 0 Å². The minimum absolute atomic E-state index is 0.00936. The third kappa shape index (κ3) is 2.65. The number of carbonyl (C=O) groups is 2. The standard InChI is InChI=1S/C16H15Cl2N3O3/c1-3-11-14(15(23)24-4-2)20-8-13(22)21(16(20)19-11)12-6-5-9(17)7-10(12)18/h5-7H,3-4,8H2,1-2H3. The number of hydrogen-bond donors (Lipinski definition) is 0. The zero-order valence-corrected chi connectivity index (χ0v) is 14.7. The second-order valence-electron chi connectivity index (χ2n) is 5.19. The second-order valence-corrected chi connectivity index (χ2v) is 6.04. The highest BCUT2D eigenvalue weighted by molar-refractivity contribution is 6.37. The van der Waals surface area contributed by atoms with Crippen LogP contribution in [0.15, 0.2) is 18.2 Å². The number of ether oxygens (including phenoxy) is 1. The fraction of sp³-hybridized carbons (Fsp3) is 0.312. The first-order valence-corrected chi connectivity index (χ1v) is 8.28. The monoisotopic (exact) mass is 367 g/mol. The largest absolute Gasteiger partial charge is 0.461 e. The van der Waals surface area contributed by atoms with Crippen LogP contribution in [0.3, 0.4) is 0 Å². The molecule has 0 saturated carbocycles. The van der Waals surface area contributed by atoms with Crippen molar-refractivity contribution in [1.82, 2.24) is 9.55 Å². The topological polar surface area (TPSA) is 64.4 Å². The Labute approximate surface area is 148 Å². The number of imidazole rings is 1. The molecule has 0 aliphatic carbocycles. The van der Waals surface area contributed by atoms with E-state index in [0.717, 1.165) is 0 Å². The number of fused-ring (bicyclic) bond motifs is 1. The molecule has 8 heteroatoms. The molecule has 0 saturated heterocycles. The molecule has 6 nitrogen and oxygen atoms in total. The van der Waals surface area contributed by atoms with Crippen molar-refractivity contribution in [2.24, 2.45) is 0 Å². The lowest BCUT2D eigenvalue weighted by atomic mass is 10.2. The van der Waals surface area contributed by atoms with E-state index in [9.17, 15) is 9.59 Å². The Bertz CT molecular complexity index is 832. The van der Waals surface area contributed by atoms with Gasteiger partial charge in [0.15, 0.2) is 5.69 Å². The molecule has 0 N–H and O–H groups in total. The van der Waals surface area contributed by atoms with Gasteiger partial charge in [-0.1, -0.05) is 30.1 Å². The van der Waals surface area contributed by atoms with Crippen LogP contribution >= 0.6 is 23.2 Å². The van der Waals surface area contributed by atoms with Gasteiger partial charge in [-0.25, -0.2) is 14.7 Å². The molecule has 1 aliphatic heterocycles. The number of nitrogens with zero attached hydrogens (tertiary/aromatic N) is 3. The van der Waals surface area contributed by atoms with Gasteiger partial charge in [-0.05, 0) is 31.5 Å². The van der Waals surface area contributed by atoms with Crippen LogP contribution in [0.25, 0.3) is 0 Å². The molecule has 1 aromatic carbocycles. The molecule has 2 heterocycles. The summed E-state index contributed by atoms with van der Waals surface area (Å²) < 4.78 is 6.67. The van der Waals surface area contributed by atoms with Crippen LogP contribution in [-0.4, -0.2) is 28.0 Å². The molecule has 126 valence electrons. The van der Waals surface area contributed by atoms with E-state index in [1.54, 1.807) is 29.7 Å². The van der Waals surface area contributed by atoms with Gasteiger partial charge >= 0.3 is 5.97 Å². The van der Waals surface area contributed by atoms with Crippen molar-refractivity contribution < 1.29 is 14.3 Å². The Balaban J connectivity index is 2.12. The molecule has 2 aromatic rings. The van der Waals surface area contributed by atoms with E-state index in [4.69, 9.17) is 27.9 Å². The number of rotatable bonds is 4. The van der Waals surface area contributed by atoms with E-state index < -0.39 is 5.97 Å². The van der Waals surface area contributed by atoms with Crippen molar-refractivity contribution in [3.8, 4) is 0 Å². The third-order valence-corrected chi connectivity index (χ3v) is 4.25. The summed E-state index contributed by atoms with van der Waals surface area (Å²) in [5.41, 5.74) is 1.38.